The number of imidazole rings is 1. The van der Waals surface area contributed by atoms with E-state index in [2.05, 4.69) is 26.1 Å². The lowest BCUT2D eigenvalue weighted by Gasteiger charge is -2.36. The van der Waals surface area contributed by atoms with E-state index in [9.17, 15) is 4.79 Å². The van der Waals surface area contributed by atoms with E-state index >= 15 is 0 Å². The molecule has 1 saturated heterocycles. The zero-order valence-electron chi connectivity index (χ0n) is 16.6. The van der Waals surface area contributed by atoms with E-state index in [1.807, 2.05) is 51.8 Å². The number of para-hydroxylation sites is 4. The molecule has 0 atom stereocenters. The first kappa shape index (κ1) is 18.8. The summed E-state index contributed by atoms with van der Waals surface area (Å²) in [5.74, 6) is 2.03. The normalized spacial score (nSPS) is 14.6. The third-order valence-corrected chi connectivity index (χ3v) is 6.31. The Bertz CT molecular complexity index is 1190. The molecule has 30 heavy (non-hydrogen) atoms. The predicted octanol–water partition coefficient (Wildman–Crippen LogP) is 2.66. The van der Waals surface area contributed by atoms with Crippen LogP contribution in [0.4, 0.5) is 5.69 Å². The number of ether oxygens (including phenoxy) is 1. The van der Waals surface area contributed by atoms with Crippen molar-refractivity contribution >= 4 is 40.2 Å². The quantitative estimate of drug-likeness (QED) is 0.498. The third kappa shape index (κ3) is 3.35. The molecule has 2 aromatic heterocycles. The van der Waals surface area contributed by atoms with Gasteiger partial charge in [0.25, 0.3) is 0 Å². The van der Waals surface area contributed by atoms with Gasteiger partial charge >= 0.3 is 0 Å². The summed E-state index contributed by atoms with van der Waals surface area (Å²) in [6, 6.07) is 15.9. The number of amides is 1. The molecule has 1 amide bonds. The molecule has 5 rings (SSSR count). The Balaban J connectivity index is 1.23. The van der Waals surface area contributed by atoms with Crippen molar-refractivity contribution in [1.29, 1.82) is 0 Å². The van der Waals surface area contributed by atoms with Crippen molar-refractivity contribution in [3.63, 3.8) is 0 Å². The number of benzene rings is 2. The van der Waals surface area contributed by atoms with Crippen molar-refractivity contribution < 1.29 is 9.53 Å². The Morgan fingerprint density at radius 3 is 2.70 bits per heavy atom. The van der Waals surface area contributed by atoms with Gasteiger partial charge in [-0.05, 0) is 24.3 Å². The molecule has 0 unspecified atom stereocenters. The number of hydrogen-bond acceptors (Lipinski definition) is 6. The Hall–Kier alpha value is -3.20. The maximum atomic E-state index is 12.8. The van der Waals surface area contributed by atoms with E-state index < -0.39 is 0 Å². The summed E-state index contributed by atoms with van der Waals surface area (Å²) in [5.41, 5.74) is 2.97. The van der Waals surface area contributed by atoms with Crippen molar-refractivity contribution in [2.75, 3.05) is 43.9 Å². The Morgan fingerprint density at radius 1 is 1.10 bits per heavy atom. The number of rotatable bonds is 5. The van der Waals surface area contributed by atoms with Crippen LogP contribution in [-0.4, -0.2) is 69.4 Å². The zero-order chi connectivity index (χ0) is 20.5. The number of hydrogen-bond donors (Lipinski definition) is 1. The van der Waals surface area contributed by atoms with Gasteiger partial charge in [-0.25, -0.2) is 10.1 Å². The summed E-state index contributed by atoms with van der Waals surface area (Å²) >= 11 is 1.44. The molecular formula is C21H22N6O2S. The number of thioether (sulfide) groups is 1. The number of fused-ring (bicyclic) bond motifs is 3. The molecule has 0 radical (unpaired) electrons. The Labute approximate surface area is 177 Å². The lowest BCUT2D eigenvalue weighted by atomic mass is 10.2. The van der Waals surface area contributed by atoms with Gasteiger partial charge in [-0.1, -0.05) is 36.0 Å². The van der Waals surface area contributed by atoms with Crippen molar-refractivity contribution in [2.24, 2.45) is 0 Å². The number of aromatic nitrogens is 4. The van der Waals surface area contributed by atoms with Gasteiger partial charge < -0.3 is 14.5 Å². The average molecular weight is 423 g/mol. The van der Waals surface area contributed by atoms with Crippen molar-refractivity contribution in [1.82, 2.24) is 24.5 Å². The topological polar surface area (TPSA) is 78.8 Å². The molecule has 0 bridgehead atoms. The predicted molar refractivity (Wildman–Crippen MR) is 117 cm³/mol. The Kier molecular flexibility index (Phi) is 4.96. The smallest absolute Gasteiger partial charge is 0.233 e. The molecule has 4 aromatic rings. The number of nitrogens with one attached hydrogen (secondary N) is 1. The maximum Gasteiger partial charge on any atom is 0.233 e. The van der Waals surface area contributed by atoms with Crippen LogP contribution in [0.2, 0.25) is 0 Å². The fourth-order valence-corrected chi connectivity index (χ4v) is 4.70. The van der Waals surface area contributed by atoms with Crippen molar-refractivity contribution in [2.45, 2.75) is 5.16 Å². The lowest BCUT2D eigenvalue weighted by Crippen LogP contribution is -2.49. The number of aromatic amines is 1. The highest BCUT2D eigenvalue weighted by Crippen LogP contribution is 2.28. The highest BCUT2D eigenvalue weighted by atomic mass is 32.2. The minimum atomic E-state index is 0.125. The Morgan fingerprint density at radius 2 is 1.87 bits per heavy atom. The van der Waals surface area contributed by atoms with Gasteiger partial charge in [0, 0.05) is 26.2 Å². The standard InChI is InChI=1S/C21H22N6O2S/c1-29-18-9-5-4-8-17(18)25-10-12-26(13-11-25)19(28)14-30-21-24-23-20-22-15-6-2-3-7-16(15)27(20)21/h2-9H,10-14H2,1H3,(H,22,23). The molecule has 154 valence electrons. The first-order valence-electron chi connectivity index (χ1n) is 9.84. The van der Waals surface area contributed by atoms with Gasteiger partial charge in [0.2, 0.25) is 11.7 Å². The second-order valence-corrected chi connectivity index (χ2v) is 8.04. The number of nitrogens with zero attached hydrogens (tertiary/aromatic N) is 5. The van der Waals surface area contributed by atoms with E-state index in [0.29, 0.717) is 24.6 Å². The van der Waals surface area contributed by atoms with Crippen LogP contribution in [0.3, 0.4) is 0 Å². The molecular weight excluding hydrogens is 400 g/mol. The van der Waals surface area contributed by atoms with Crippen molar-refractivity contribution in [3.05, 3.63) is 48.5 Å². The fraction of sp³-hybridized carbons (Fsp3) is 0.286. The van der Waals surface area contributed by atoms with Gasteiger partial charge in [-0.3, -0.25) is 9.20 Å². The summed E-state index contributed by atoms with van der Waals surface area (Å²) in [4.78, 5) is 21.5. The van der Waals surface area contributed by atoms with Crippen LogP contribution in [0.25, 0.3) is 16.8 Å². The van der Waals surface area contributed by atoms with Gasteiger partial charge in [-0.2, -0.15) is 0 Å². The molecule has 0 spiro atoms. The average Bonchev–Trinajstić information content (AvgIpc) is 3.37. The molecule has 8 nitrogen and oxygen atoms in total. The van der Waals surface area contributed by atoms with Gasteiger partial charge in [0.15, 0.2) is 5.16 Å². The summed E-state index contributed by atoms with van der Waals surface area (Å²) in [6.07, 6.45) is 0. The van der Waals surface area contributed by atoms with Crippen LogP contribution in [-0.2, 0) is 4.79 Å². The zero-order valence-corrected chi connectivity index (χ0v) is 17.4. The SMILES string of the molecule is COc1ccccc1N1CCN(C(=O)CSc2n[nH]c3nc4ccccc4n23)CC1. The highest BCUT2D eigenvalue weighted by molar-refractivity contribution is 7.99. The fourth-order valence-electron chi connectivity index (χ4n) is 3.84. The van der Waals surface area contributed by atoms with E-state index in [0.717, 1.165) is 40.7 Å². The molecule has 1 aliphatic heterocycles. The molecule has 1 aliphatic rings. The summed E-state index contributed by atoms with van der Waals surface area (Å²) < 4.78 is 7.43. The van der Waals surface area contributed by atoms with E-state index in [1.165, 1.54) is 11.8 Å². The molecule has 0 aliphatic carbocycles. The molecule has 1 N–H and O–H groups in total. The monoisotopic (exact) mass is 422 g/mol. The summed E-state index contributed by atoms with van der Waals surface area (Å²) in [7, 11) is 1.69. The lowest BCUT2D eigenvalue weighted by molar-refractivity contribution is -0.128. The molecule has 2 aromatic carbocycles. The number of piperazine rings is 1. The van der Waals surface area contributed by atoms with Gasteiger partial charge in [0.05, 0.1) is 29.6 Å². The molecule has 3 heterocycles. The summed E-state index contributed by atoms with van der Waals surface area (Å²) in [5, 5.41) is 8.04. The first-order chi connectivity index (χ1) is 14.7. The van der Waals surface area contributed by atoms with Crippen LogP contribution in [0.15, 0.2) is 53.7 Å². The highest BCUT2D eigenvalue weighted by Gasteiger charge is 2.23. The second kappa shape index (κ2) is 7.91. The van der Waals surface area contributed by atoms with E-state index in [-0.39, 0.29) is 5.91 Å². The largest absolute Gasteiger partial charge is 0.495 e. The van der Waals surface area contributed by atoms with Crippen LogP contribution in [0.5, 0.6) is 5.75 Å². The minimum absolute atomic E-state index is 0.125. The maximum absolute atomic E-state index is 12.8. The van der Waals surface area contributed by atoms with Crippen molar-refractivity contribution in [3.8, 4) is 5.75 Å². The number of anilines is 1. The molecule has 9 heteroatoms. The molecule has 0 saturated carbocycles. The summed E-state index contributed by atoms with van der Waals surface area (Å²) in [6.45, 7) is 2.97. The van der Waals surface area contributed by atoms with Crippen LogP contribution >= 0.6 is 11.8 Å². The van der Waals surface area contributed by atoms with E-state index in [4.69, 9.17) is 4.74 Å². The molecule has 1 fully saturated rings. The number of H-pyrrole nitrogens is 1. The second-order valence-electron chi connectivity index (χ2n) is 7.09. The third-order valence-electron chi connectivity index (χ3n) is 5.39. The number of methoxy groups -OCH3 is 1. The van der Waals surface area contributed by atoms with Gasteiger partial charge in [0.1, 0.15) is 5.75 Å². The van der Waals surface area contributed by atoms with E-state index in [1.54, 1.807) is 7.11 Å². The van der Waals surface area contributed by atoms with Crippen LogP contribution in [0.1, 0.15) is 0 Å². The van der Waals surface area contributed by atoms with Crippen LogP contribution in [0, 0.1) is 0 Å². The first-order valence-corrected chi connectivity index (χ1v) is 10.8. The van der Waals surface area contributed by atoms with Gasteiger partial charge in [-0.15, -0.1) is 5.10 Å². The number of carbonyl (C=O) groups is 1. The minimum Gasteiger partial charge on any atom is -0.495 e. The number of carbonyl (C=O) groups excluding carboxylic acids is 1. The van der Waals surface area contributed by atoms with Crippen LogP contribution < -0.4 is 9.64 Å².